The second-order valence-corrected chi connectivity index (χ2v) is 6.83. The van der Waals surface area contributed by atoms with Crippen molar-refractivity contribution >= 4 is 34.7 Å². The first-order chi connectivity index (χ1) is 10.2. The van der Waals surface area contributed by atoms with Crippen LogP contribution in [0.2, 0.25) is 0 Å². The number of carbonyl (C=O) groups excluding carboxylic acids is 1. The average molecular weight is 323 g/mol. The Bertz CT molecular complexity index is 660. The molecule has 110 valence electrons. The van der Waals surface area contributed by atoms with Crippen LogP contribution >= 0.6 is 23.1 Å². The number of nitrogens with one attached hydrogen (secondary N) is 1. The summed E-state index contributed by atoms with van der Waals surface area (Å²) in [6.45, 7) is 2.14. The minimum absolute atomic E-state index is 0.0393. The SMILES string of the molecule is Cc1nnc(SCCC(=O)Nc2ccc3c(c2)OCO3)s1. The van der Waals surface area contributed by atoms with Crippen molar-refractivity contribution in [1.29, 1.82) is 0 Å². The topological polar surface area (TPSA) is 73.3 Å². The van der Waals surface area contributed by atoms with E-state index in [4.69, 9.17) is 9.47 Å². The fraction of sp³-hybridized carbons (Fsp3) is 0.308. The molecular formula is C13H13N3O3S2. The average Bonchev–Trinajstić information content (AvgIpc) is 3.07. The maximum absolute atomic E-state index is 11.9. The van der Waals surface area contributed by atoms with Crippen molar-refractivity contribution in [2.24, 2.45) is 0 Å². The Labute approximate surface area is 129 Å². The Kier molecular flexibility index (Phi) is 4.26. The molecule has 1 amide bonds. The van der Waals surface area contributed by atoms with Gasteiger partial charge < -0.3 is 14.8 Å². The highest BCUT2D eigenvalue weighted by Crippen LogP contribution is 2.34. The van der Waals surface area contributed by atoms with Gasteiger partial charge in [-0.3, -0.25) is 4.79 Å². The van der Waals surface area contributed by atoms with Crippen LogP contribution < -0.4 is 14.8 Å². The van der Waals surface area contributed by atoms with E-state index in [1.807, 2.05) is 6.92 Å². The molecule has 1 aromatic carbocycles. The maximum atomic E-state index is 11.9. The van der Waals surface area contributed by atoms with Crippen molar-refractivity contribution in [2.45, 2.75) is 17.7 Å². The molecule has 6 nitrogen and oxygen atoms in total. The summed E-state index contributed by atoms with van der Waals surface area (Å²) in [7, 11) is 0. The molecule has 2 heterocycles. The lowest BCUT2D eigenvalue weighted by molar-refractivity contribution is -0.115. The number of aryl methyl sites for hydroxylation is 1. The van der Waals surface area contributed by atoms with Crippen molar-refractivity contribution in [1.82, 2.24) is 10.2 Å². The van der Waals surface area contributed by atoms with E-state index < -0.39 is 0 Å². The Morgan fingerprint density at radius 2 is 2.24 bits per heavy atom. The molecule has 0 saturated heterocycles. The first-order valence-corrected chi connectivity index (χ1v) is 8.13. The van der Waals surface area contributed by atoms with Crippen molar-refractivity contribution in [3.8, 4) is 11.5 Å². The lowest BCUT2D eigenvalue weighted by atomic mass is 10.2. The van der Waals surface area contributed by atoms with Crippen LogP contribution in [-0.4, -0.2) is 28.7 Å². The number of hydrogen-bond donors (Lipinski definition) is 1. The smallest absolute Gasteiger partial charge is 0.231 e. The fourth-order valence-electron chi connectivity index (χ4n) is 1.77. The molecule has 1 aliphatic rings. The van der Waals surface area contributed by atoms with Gasteiger partial charge in [0.15, 0.2) is 15.8 Å². The summed E-state index contributed by atoms with van der Waals surface area (Å²) in [4.78, 5) is 11.9. The Morgan fingerprint density at radius 3 is 3.05 bits per heavy atom. The van der Waals surface area contributed by atoms with Gasteiger partial charge in [-0.25, -0.2) is 0 Å². The molecule has 8 heteroatoms. The number of nitrogens with zero attached hydrogens (tertiary/aromatic N) is 2. The molecule has 21 heavy (non-hydrogen) atoms. The van der Waals surface area contributed by atoms with Crippen LogP contribution in [0.3, 0.4) is 0 Å². The van der Waals surface area contributed by atoms with Crippen LogP contribution in [0.25, 0.3) is 0 Å². The number of rotatable bonds is 5. The largest absolute Gasteiger partial charge is 0.454 e. The predicted octanol–water partition coefficient (Wildman–Crippen LogP) is 2.70. The third-order valence-electron chi connectivity index (χ3n) is 2.72. The highest BCUT2D eigenvalue weighted by Gasteiger charge is 2.14. The van der Waals surface area contributed by atoms with Gasteiger partial charge in [0.1, 0.15) is 5.01 Å². The summed E-state index contributed by atoms with van der Waals surface area (Å²) in [6.07, 6.45) is 0.414. The first kappa shape index (κ1) is 14.2. The Balaban J connectivity index is 1.48. The normalized spacial score (nSPS) is 12.4. The molecule has 0 aliphatic carbocycles. The summed E-state index contributed by atoms with van der Waals surface area (Å²) in [5, 5.41) is 11.7. The number of fused-ring (bicyclic) bond motifs is 1. The minimum atomic E-state index is -0.0393. The van der Waals surface area contributed by atoms with Crippen LogP contribution in [0.1, 0.15) is 11.4 Å². The van der Waals surface area contributed by atoms with E-state index in [-0.39, 0.29) is 12.7 Å². The highest BCUT2D eigenvalue weighted by molar-refractivity contribution is 8.01. The zero-order valence-corrected chi connectivity index (χ0v) is 12.9. The molecule has 0 saturated carbocycles. The molecule has 1 aliphatic heterocycles. The summed E-state index contributed by atoms with van der Waals surface area (Å²) in [6, 6.07) is 5.35. The summed E-state index contributed by atoms with van der Waals surface area (Å²) in [5.41, 5.74) is 0.709. The van der Waals surface area contributed by atoms with Gasteiger partial charge in [0.05, 0.1) is 0 Å². The van der Waals surface area contributed by atoms with Gasteiger partial charge in [0.25, 0.3) is 0 Å². The van der Waals surface area contributed by atoms with E-state index in [9.17, 15) is 4.79 Å². The van der Waals surface area contributed by atoms with Crippen LogP contribution in [0.4, 0.5) is 5.69 Å². The third kappa shape index (κ3) is 3.64. The van der Waals surface area contributed by atoms with Gasteiger partial charge in [0.2, 0.25) is 12.7 Å². The van der Waals surface area contributed by atoms with Crippen LogP contribution in [0.5, 0.6) is 11.5 Å². The Morgan fingerprint density at radius 1 is 1.38 bits per heavy atom. The van der Waals surface area contributed by atoms with E-state index in [1.54, 1.807) is 18.2 Å². The molecule has 3 rings (SSSR count). The highest BCUT2D eigenvalue weighted by atomic mass is 32.2. The zero-order valence-electron chi connectivity index (χ0n) is 11.3. The molecule has 0 fully saturated rings. The first-order valence-electron chi connectivity index (χ1n) is 6.33. The lowest BCUT2D eigenvalue weighted by Gasteiger charge is -2.05. The van der Waals surface area contributed by atoms with Crippen LogP contribution in [0.15, 0.2) is 22.5 Å². The van der Waals surface area contributed by atoms with Gasteiger partial charge in [-0.05, 0) is 19.1 Å². The monoisotopic (exact) mass is 323 g/mol. The number of benzene rings is 1. The molecule has 0 bridgehead atoms. The summed E-state index contributed by atoms with van der Waals surface area (Å²) < 4.78 is 11.4. The van der Waals surface area contributed by atoms with Crippen molar-refractivity contribution in [2.75, 3.05) is 17.9 Å². The van der Waals surface area contributed by atoms with Crippen molar-refractivity contribution < 1.29 is 14.3 Å². The van der Waals surface area contributed by atoms with Crippen molar-refractivity contribution in [3.63, 3.8) is 0 Å². The van der Waals surface area contributed by atoms with E-state index in [0.29, 0.717) is 29.4 Å². The van der Waals surface area contributed by atoms with Gasteiger partial charge in [-0.1, -0.05) is 23.1 Å². The van der Waals surface area contributed by atoms with Crippen LogP contribution in [-0.2, 0) is 4.79 Å². The van der Waals surface area contributed by atoms with Crippen molar-refractivity contribution in [3.05, 3.63) is 23.2 Å². The zero-order chi connectivity index (χ0) is 14.7. The molecule has 2 aromatic rings. The molecule has 0 spiro atoms. The molecule has 0 atom stereocenters. The summed E-state index contributed by atoms with van der Waals surface area (Å²) in [5.74, 6) is 2.00. The number of carbonyl (C=O) groups is 1. The van der Waals surface area contributed by atoms with E-state index >= 15 is 0 Å². The molecular weight excluding hydrogens is 310 g/mol. The second-order valence-electron chi connectivity index (χ2n) is 4.30. The molecule has 0 unspecified atom stereocenters. The van der Waals surface area contributed by atoms with E-state index in [1.165, 1.54) is 23.1 Å². The number of amides is 1. The van der Waals surface area contributed by atoms with Gasteiger partial charge in [-0.15, -0.1) is 10.2 Å². The Hall–Kier alpha value is -1.80. The predicted molar refractivity (Wildman–Crippen MR) is 81.2 cm³/mol. The van der Waals surface area contributed by atoms with Crippen LogP contribution in [0, 0.1) is 6.92 Å². The maximum Gasteiger partial charge on any atom is 0.231 e. The third-order valence-corrected chi connectivity index (χ3v) is 4.69. The van der Waals surface area contributed by atoms with Gasteiger partial charge in [0, 0.05) is 23.9 Å². The number of anilines is 1. The fourth-order valence-corrected chi connectivity index (χ4v) is 3.59. The molecule has 1 N–H and O–H groups in total. The lowest BCUT2D eigenvalue weighted by Crippen LogP contribution is -2.12. The number of ether oxygens (including phenoxy) is 2. The molecule has 1 aromatic heterocycles. The van der Waals surface area contributed by atoms with Gasteiger partial charge in [-0.2, -0.15) is 0 Å². The minimum Gasteiger partial charge on any atom is -0.454 e. The van der Waals surface area contributed by atoms with E-state index in [0.717, 1.165) is 9.35 Å². The standard InChI is InChI=1S/C13H13N3O3S2/c1-8-15-16-13(21-8)20-5-4-12(17)14-9-2-3-10-11(6-9)19-7-18-10/h2-3,6H,4-5,7H2,1H3,(H,14,17). The number of hydrogen-bond acceptors (Lipinski definition) is 7. The summed E-state index contributed by atoms with van der Waals surface area (Å²) >= 11 is 3.08. The quantitative estimate of drug-likeness (QED) is 0.853. The number of thioether (sulfide) groups is 1. The number of aromatic nitrogens is 2. The van der Waals surface area contributed by atoms with Gasteiger partial charge >= 0.3 is 0 Å². The molecule has 0 radical (unpaired) electrons. The van der Waals surface area contributed by atoms with E-state index in [2.05, 4.69) is 15.5 Å². The second kappa shape index (κ2) is 6.31.